The first-order valence-corrected chi connectivity index (χ1v) is 7.06. The third-order valence-corrected chi connectivity index (χ3v) is 4.23. The van der Waals surface area contributed by atoms with Crippen LogP contribution in [0.4, 0.5) is 0 Å². The zero-order valence-electron chi connectivity index (χ0n) is 10.6. The van der Waals surface area contributed by atoms with Crippen LogP contribution in [0.3, 0.4) is 0 Å². The van der Waals surface area contributed by atoms with Crippen molar-refractivity contribution in [1.82, 2.24) is 9.21 Å². The molecule has 0 amide bonds. The van der Waals surface area contributed by atoms with Gasteiger partial charge in [0.05, 0.1) is 6.54 Å². The molecule has 0 aromatic carbocycles. The van der Waals surface area contributed by atoms with E-state index in [1.54, 1.807) is 0 Å². The summed E-state index contributed by atoms with van der Waals surface area (Å²) in [5.74, 6) is 0. The van der Waals surface area contributed by atoms with Gasteiger partial charge in [-0.25, -0.2) is 4.31 Å². The van der Waals surface area contributed by atoms with Crippen molar-refractivity contribution in [1.29, 1.82) is 0 Å². The Kier molecular flexibility index (Phi) is 4.95. The number of nitrogens with zero attached hydrogens (tertiary/aromatic N) is 2. The van der Waals surface area contributed by atoms with Crippen LogP contribution in [0.2, 0.25) is 0 Å². The average molecular weight is 305 g/mol. The molecule has 1 heterocycles. The van der Waals surface area contributed by atoms with Crippen LogP contribution in [0.5, 0.6) is 0 Å². The fraction of sp³-hybridized carbons (Fsp3) is 0.667. The van der Waals surface area contributed by atoms with Crippen LogP contribution in [0.15, 0.2) is 22.8 Å². The van der Waals surface area contributed by atoms with Gasteiger partial charge in [-0.3, -0.25) is 0 Å². The van der Waals surface area contributed by atoms with Gasteiger partial charge in [0.15, 0.2) is 0 Å². The van der Waals surface area contributed by atoms with E-state index < -0.39 is 0 Å². The molecule has 0 radical (unpaired) electrons. The first-order valence-electron chi connectivity index (χ1n) is 5.50. The largest absolute Gasteiger partial charge is 0.375 e. The summed E-state index contributed by atoms with van der Waals surface area (Å²) < 4.78 is 3.82. The van der Waals surface area contributed by atoms with Crippen molar-refractivity contribution in [2.45, 2.75) is 25.5 Å². The molecule has 0 aromatic heterocycles. The number of likely N-dealkylation sites (N-methyl/N-ethyl adjacent to an activating group) is 1. The zero-order valence-corrected chi connectivity index (χ0v) is 13.0. The molecule has 0 atom stereocenters. The molecule has 4 heteroatoms. The summed E-state index contributed by atoms with van der Waals surface area (Å²) in [5, 5.41) is 0. The van der Waals surface area contributed by atoms with E-state index in [0.29, 0.717) is 0 Å². The Morgan fingerprint density at radius 3 is 2.56 bits per heavy atom. The molecule has 0 aromatic rings. The first-order chi connectivity index (χ1) is 7.33. The lowest BCUT2D eigenvalue weighted by Crippen LogP contribution is -2.41. The van der Waals surface area contributed by atoms with Crippen molar-refractivity contribution >= 4 is 27.9 Å². The maximum atomic E-state index is 3.81. The fourth-order valence-corrected chi connectivity index (χ4v) is 3.17. The zero-order chi connectivity index (χ0) is 12.3. The van der Waals surface area contributed by atoms with Gasteiger partial charge in [0, 0.05) is 35.1 Å². The number of hydrogen-bond donors (Lipinski definition) is 0. The molecule has 92 valence electrons. The fourth-order valence-electron chi connectivity index (χ4n) is 1.60. The molecular formula is C12H21BrN2S. The lowest BCUT2D eigenvalue weighted by Gasteiger charge is -2.38. The van der Waals surface area contributed by atoms with E-state index in [4.69, 9.17) is 0 Å². The van der Waals surface area contributed by atoms with E-state index in [1.165, 1.54) is 5.70 Å². The summed E-state index contributed by atoms with van der Waals surface area (Å²) in [6.45, 7) is 13.7. The van der Waals surface area contributed by atoms with E-state index in [0.717, 1.165) is 24.1 Å². The van der Waals surface area contributed by atoms with Gasteiger partial charge in [0.2, 0.25) is 0 Å². The van der Waals surface area contributed by atoms with Gasteiger partial charge in [-0.1, -0.05) is 24.6 Å². The normalized spacial score (nSPS) is 22.2. The Balaban J connectivity index is 2.72. The molecule has 1 aliphatic heterocycles. The second kappa shape index (κ2) is 5.61. The van der Waals surface area contributed by atoms with Crippen LogP contribution in [0, 0.1) is 0 Å². The number of rotatable bonds is 2. The molecule has 0 N–H and O–H groups in total. The standard InChI is InChI=1S/C12H21BrN2S/c1-6-10(13)11-9-15(8-7-14(11)5)16-12(2,3)4/h6H,1,7-9H2,2-5H3/b11-10+. The van der Waals surface area contributed by atoms with Gasteiger partial charge < -0.3 is 4.90 Å². The van der Waals surface area contributed by atoms with Gasteiger partial charge >= 0.3 is 0 Å². The van der Waals surface area contributed by atoms with E-state index in [2.05, 4.69) is 59.5 Å². The summed E-state index contributed by atoms with van der Waals surface area (Å²) in [6.07, 6.45) is 1.87. The highest BCUT2D eigenvalue weighted by Crippen LogP contribution is 2.31. The predicted octanol–water partition coefficient (Wildman–Crippen LogP) is 3.47. The molecule has 16 heavy (non-hydrogen) atoms. The molecule has 0 spiro atoms. The number of halogens is 1. The molecule has 1 aliphatic rings. The summed E-state index contributed by atoms with van der Waals surface area (Å²) in [6, 6.07) is 0. The maximum absolute atomic E-state index is 3.81. The lowest BCUT2D eigenvalue weighted by molar-refractivity contribution is 0.290. The molecule has 1 rings (SSSR count). The van der Waals surface area contributed by atoms with Crippen molar-refractivity contribution in [3.05, 3.63) is 22.8 Å². The molecule has 2 nitrogen and oxygen atoms in total. The number of hydrogen-bond acceptors (Lipinski definition) is 3. The minimum atomic E-state index is 0.279. The van der Waals surface area contributed by atoms with Gasteiger partial charge in [0.1, 0.15) is 0 Å². The SMILES string of the molecule is C=C/C(Br)=C1/CN(SC(C)(C)C)CCN1C. The highest BCUT2D eigenvalue weighted by atomic mass is 79.9. The van der Waals surface area contributed by atoms with Gasteiger partial charge in [0.25, 0.3) is 0 Å². The smallest absolute Gasteiger partial charge is 0.0502 e. The van der Waals surface area contributed by atoms with E-state index in [9.17, 15) is 0 Å². The average Bonchev–Trinajstić information content (AvgIpc) is 2.18. The Morgan fingerprint density at radius 2 is 2.06 bits per heavy atom. The van der Waals surface area contributed by atoms with Gasteiger partial charge in [-0.2, -0.15) is 0 Å². The van der Waals surface area contributed by atoms with Crippen LogP contribution >= 0.6 is 27.9 Å². The third kappa shape index (κ3) is 4.15. The molecule has 0 aliphatic carbocycles. The van der Waals surface area contributed by atoms with Crippen LogP contribution in [0.1, 0.15) is 20.8 Å². The number of allylic oxidation sites excluding steroid dienone is 2. The third-order valence-electron chi connectivity index (χ3n) is 2.33. The summed E-state index contributed by atoms with van der Waals surface area (Å²) >= 11 is 5.50. The summed E-state index contributed by atoms with van der Waals surface area (Å²) in [5.41, 5.74) is 1.32. The summed E-state index contributed by atoms with van der Waals surface area (Å²) in [7, 11) is 2.14. The van der Waals surface area contributed by atoms with Crippen molar-refractivity contribution in [3.63, 3.8) is 0 Å². The second-order valence-corrected chi connectivity index (χ2v) is 7.77. The van der Waals surface area contributed by atoms with E-state index >= 15 is 0 Å². The van der Waals surface area contributed by atoms with E-state index in [-0.39, 0.29) is 4.75 Å². The van der Waals surface area contributed by atoms with Crippen molar-refractivity contribution in [3.8, 4) is 0 Å². The molecule has 1 fully saturated rings. The first kappa shape index (κ1) is 14.1. The highest BCUT2D eigenvalue weighted by molar-refractivity contribution is 9.11. The molecule has 1 saturated heterocycles. The van der Waals surface area contributed by atoms with Crippen molar-refractivity contribution < 1.29 is 0 Å². The minimum absolute atomic E-state index is 0.279. The Labute approximate surface area is 112 Å². The molecule has 0 bridgehead atoms. The van der Waals surface area contributed by atoms with Crippen LogP contribution in [-0.4, -0.2) is 40.6 Å². The number of piperazine rings is 1. The molecule has 0 unspecified atom stereocenters. The monoisotopic (exact) mass is 304 g/mol. The Hall–Kier alpha value is 0.0700. The second-order valence-electron chi connectivity index (χ2n) is 4.99. The molecule has 0 saturated carbocycles. The van der Waals surface area contributed by atoms with Gasteiger partial charge in [-0.05, 0) is 36.7 Å². The highest BCUT2D eigenvalue weighted by Gasteiger charge is 2.24. The van der Waals surface area contributed by atoms with Crippen molar-refractivity contribution in [2.24, 2.45) is 0 Å². The predicted molar refractivity (Wildman–Crippen MR) is 77.7 cm³/mol. The van der Waals surface area contributed by atoms with Crippen LogP contribution in [-0.2, 0) is 0 Å². The Bertz CT molecular complexity index is 294. The maximum Gasteiger partial charge on any atom is 0.0502 e. The molecular weight excluding hydrogens is 284 g/mol. The quantitative estimate of drug-likeness (QED) is 0.721. The van der Waals surface area contributed by atoms with Gasteiger partial charge in [-0.15, -0.1) is 0 Å². The topological polar surface area (TPSA) is 6.48 Å². The van der Waals surface area contributed by atoms with Crippen molar-refractivity contribution in [2.75, 3.05) is 26.7 Å². The van der Waals surface area contributed by atoms with E-state index in [1.807, 2.05) is 18.0 Å². The Morgan fingerprint density at radius 1 is 1.44 bits per heavy atom. The van der Waals surface area contributed by atoms with Crippen LogP contribution < -0.4 is 0 Å². The summed E-state index contributed by atoms with van der Waals surface area (Å²) in [4.78, 5) is 2.30. The minimum Gasteiger partial charge on any atom is -0.375 e. The van der Waals surface area contributed by atoms with Crippen LogP contribution in [0.25, 0.3) is 0 Å². The lowest BCUT2D eigenvalue weighted by atomic mass is 10.3.